The van der Waals surface area contributed by atoms with Gasteiger partial charge < -0.3 is 14.7 Å². The van der Waals surface area contributed by atoms with E-state index in [-0.39, 0.29) is 26.1 Å². The maximum Gasteiger partial charge on any atom is 3.00 e. The van der Waals surface area contributed by atoms with Crippen molar-refractivity contribution in [3.05, 3.63) is 150 Å². The van der Waals surface area contributed by atoms with E-state index in [2.05, 4.69) is 83.7 Å². The topological polar surface area (TPSA) is 53.0 Å². The minimum absolute atomic E-state index is 0. The molecule has 0 saturated heterocycles. The second kappa shape index (κ2) is 13.1. The molecule has 0 spiro atoms. The Morgan fingerprint density at radius 2 is 1.71 bits per heavy atom. The second-order valence-corrected chi connectivity index (χ2v) is 10.3. The number of hydrogen-bond donors (Lipinski definition) is 0. The molecule has 42 heavy (non-hydrogen) atoms. The molecule has 0 fully saturated rings. The van der Waals surface area contributed by atoms with Gasteiger partial charge in [0.2, 0.25) is 5.71 Å². The van der Waals surface area contributed by atoms with Crippen LogP contribution in [0.25, 0.3) is 49.8 Å². The summed E-state index contributed by atoms with van der Waals surface area (Å²) in [5.74, 6) is 0.523. The van der Waals surface area contributed by atoms with Gasteiger partial charge in [-0.1, -0.05) is 79.4 Å². The molecule has 0 saturated carbocycles. The maximum atomic E-state index is 6.12. The molecule has 0 N–H and O–H groups in total. The Morgan fingerprint density at radius 1 is 0.857 bits per heavy atom. The van der Waals surface area contributed by atoms with Gasteiger partial charge in [-0.25, -0.2) is 4.98 Å². The average molecular weight is 725 g/mol. The first-order chi connectivity index (χ1) is 20.1. The van der Waals surface area contributed by atoms with Crippen molar-refractivity contribution >= 4 is 22.1 Å². The predicted octanol–water partition coefficient (Wildman–Crippen LogP) is 9.92. The van der Waals surface area contributed by atoms with Crippen LogP contribution in [-0.4, -0.2) is 9.97 Å². The van der Waals surface area contributed by atoms with Crippen molar-refractivity contribution in [2.45, 2.75) is 32.7 Å². The number of aromatic nitrogens is 2. The molecule has 208 valence electrons. The van der Waals surface area contributed by atoms with Crippen LogP contribution in [0, 0.1) is 19.1 Å². The van der Waals surface area contributed by atoms with Gasteiger partial charge in [0.05, 0.1) is 5.58 Å². The van der Waals surface area contributed by atoms with Gasteiger partial charge in [0.25, 0.3) is 0 Å². The van der Waals surface area contributed by atoms with Gasteiger partial charge in [-0.15, -0.1) is 18.2 Å². The summed E-state index contributed by atoms with van der Waals surface area (Å²) < 4.78 is 6.12. The summed E-state index contributed by atoms with van der Waals surface area (Å²) in [5.41, 5.74) is 8.83. The number of rotatable bonds is 4. The molecule has 1 unspecified atom stereocenters. The normalized spacial score (nSPS) is 13.9. The van der Waals surface area contributed by atoms with Gasteiger partial charge in [-0.05, 0) is 53.4 Å². The quantitative estimate of drug-likeness (QED) is 0.170. The number of furan rings is 1. The fourth-order valence-corrected chi connectivity index (χ4v) is 4.90. The Morgan fingerprint density at radius 3 is 2.45 bits per heavy atom. The summed E-state index contributed by atoms with van der Waals surface area (Å²) in [6, 6.07) is 35.5. The minimum atomic E-state index is 0. The Kier molecular flexibility index (Phi) is 9.12. The molecule has 1 aliphatic rings. The summed E-state index contributed by atoms with van der Waals surface area (Å²) in [4.78, 5) is 9.14. The maximum absolute atomic E-state index is 6.12. The van der Waals surface area contributed by atoms with Gasteiger partial charge in [0.1, 0.15) is 0 Å². The van der Waals surface area contributed by atoms with Crippen molar-refractivity contribution in [2.24, 2.45) is 0 Å². The van der Waals surface area contributed by atoms with Gasteiger partial charge in [0, 0.05) is 17.3 Å². The first kappa shape index (κ1) is 29.2. The molecule has 7 rings (SSSR count). The summed E-state index contributed by atoms with van der Waals surface area (Å²) in [7, 11) is 0. The van der Waals surface area contributed by atoms with Gasteiger partial charge in [-0.2, -0.15) is 42.1 Å². The SMILES string of the molecule is Cc1ccc2c(n1)oc1c(-c3cc(-c4ccc(C(C)C)cc4)ccn3)[c-]ccc12.[Ir+3].[c-]1ccccc1C1C=CC=C[N-]1. The smallest absolute Gasteiger partial charge is 0.683 e. The third-order valence-corrected chi connectivity index (χ3v) is 7.15. The van der Waals surface area contributed by atoms with Crippen LogP contribution in [0.15, 0.2) is 120 Å². The first-order valence-electron chi connectivity index (χ1n) is 13.8. The number of fused-ring (bicyclic) bond motifs is 3. The van der Waals surface area contributed by atoms with E-state index in [1.807, 2.05) is 80.0 Å². The van der Waals surface area contributed by atoms with Crippen LogP contribution in [0.4, 0.5) is 0 Å². The van der Waals surface area contributed by atoms with Crippen LogP contribution in [0.3, 0.4) is 0 Å². The van der Waals surface area contributed by atoms with E-state index >= 15 is 0 Å². The molecule has 0 aliphatic carbocycles. The van der Waals surface area contributed by atoms with Crippen LogP contribution in [0.1, 0.15) is 42.6 Å². The van der Waals surface area contributed by atoms with Crippen LogP contribution >= 0.6 is 0 Å². The zero-order valence-corrected chi connectivity index (χ0v) is 26.1. The van der Waals surface area contributed by atoms with Crippen molar-refractivity contribution in [1.29, 1.82) is 0 Å². The van der Waals surface area contributed by atoms with E-state index in [9.17, 15) is 0 Å². The van der Waals surface area contributed by atoms with Crippen LogP contribution < -0.4 is 0 Å². The standard InChI is InChI=1S/C26H21N2O.C11H9N.Ir/c1-16(2)18-8-10-19(11-9-18)20-13-14-27-24(15-20)23-6-4-5-21-22-12-7-17(3)28-26(22)29-25(21)23;1-2-6-10(7-3-1)11-8-4-5-9-12-11;/h4-5,7-16H,1-3H3;1-6,8-9,11H;/q-1;-2;+3. The van der Waals surface area contributed by atoms with Crippen molar-refractivity contribution in [2.75, 3.05) is 0 Å². The Bertz CT molecular complexity index is 1850. The number of hydrogen-bond acceptors (Lipinski definition) is 3. The third-order valence-electron chi connectivity index (χ3n) is 7.15. The third kappa shape index (κ3) is 6.28. The number of pyridine rings is 2. The molecule has 1 aliphatic heterocycles. The van der Waals surface area contributed by atoms with Crippen LogP contribution in [0.2, 0.25) is 0 Å². The van der Waals surface area contributed by atoms with Crippen molar-refractivity contribution in [3.8, 4) is 22.4 Å². The summed E-state index contributed by atoms with van der Waals surface area (Å²) in [5, 5.41) is 6.35. The molecule has 0 radical (unpaired) electrons. The molecular weight excluding hydrogens is 695 g/mol. The number of nitrogens with zero attached hydrogens (tertiary/aromatic N) is 3. The Labute approximate surface area is 260 Å². The molecule has 4 heterocycles. The largest absolute Gasteiger partial charge is 3.00 e. The van der Waals surface area contributed by atoms with Gasteiger partial charge >= 0.3 is 20.1 Å². The number of allylic oxidation sites excluding steroid dienone is 2. The predicted molar refractivity (Wildman–Crippen MR) is 168 cm³/mol. The molecule has 3 aromatic heterocycles. The zero-order valence-electron chi connectivity index (χ0n) is 23.7. The van der Waals surface area contributed by atoms with E-state index in [1.54, 1.807) is 0 Å². The zero-order chi connectivity index (χ0) is 28.2. The Balaban J connectivity index is 0.000000228. The van der Waals surface area contributed by atoms with Crippen molar-refractivity contribution in [1.82, 2.24) is 9.97 Å². The summed E-state index contributed by atoms with van der Waals surface area (Å²) in [6.07, 6.45) is 9.67. The molecule has 5 heteroatoms. The first-order valence-corrected chi connectivity index (χ1v) is 13.8. The van der Waals surface area contributed by atoms with E-state index in [4.69, 9.17) is 4.42 Å². The van der Waals surface area contributed by atoms with Crippen LogP contribution in [-0.2, 0) is 20.1 Å². The number of aryl methyl sites for hydroxylation is 1. The molecule has 1 atom stereocenters. The molecule has 3 aromatic carbocycles. The minimum Gasteiger partial charge on any atom is -0.683 e. The average Bonchev–Trinajstić information content (AvgIpc) is 3.40. The molecule has 4 nitrogen and oxygen atoms in total. The van der Waals surface area contributed by atoms with Gasteiger partial charge in [0.15, 0.2) is 0 Å². The molecular formula is C37H30IrN3O. The van der Waals surface area contributed by atoms with Gasteiger partial charge in [-0.3, -0.25) is 0 Å². The summed E-state index contributed by atoms with van der Waals surface area (Å²) >= 11 is 0. The summed E-state index contributed by atoms with van der Waals surface area (Å²) in [6.45, 7) is 6.38. The van der Waals surface area contributed by atoms with Crippen LogP contribution in [0.5, 0.6) is 0 Å². The molecule has 0 bridgehead atoms. The fourth-order valence-electron chi connectivity index (χ4n) is 4.90. The van der Waals surface area contributed by atoms with Crippen molar-refractivity contribution in [3.63, 3.8) is 0 Å². The van der Waals surface area contributed by atoms with E-state index in [0.29, 0.717) is 11.6 Å². The Hall–Kier alpha value is -4.31. The van der Waals surface area contributed by atoms with E-state index < -0.39 is 0 Å². The molecule has 6 aromatic rings. The second-order valence-electron chi connectivity index (χ2n) is 10.3. The van der Waals surface area contributed by atoms with E-state index in [1.165, 1.54) is 11.1 Å². The molecule has 0 amide bonds. The monoisotopic (exact) mass is 725 g/mol. The van der Waals surface area contributed by atoms with Crippen molar-refractivity contribution < 1.29 is 24.5 Å². The van der Waals surface area contributed by atoms with E-state index in [0.717, 1.165) is 44.4 Å². The number of benzene rings is 3. The fraction of sp³-hybridized carbons (Fsp3) is 0.135.